The molecule has 1 heterocycles. The average molecular weight is 422 g/mol. The van der Waals surface area contributed by atoms with Gasteiger partial charge in [-0.05, 0) is 51.9 Å². The molecule has 1 aliphatic carbocycles. The van der Waals surface area contributed by atoms with E-state index in [1.165, 1.54) is 0 Å². The topological polar surface area (TPSA) is 29.1 Å². The van der Waals surface area contributed by atoms with Crippen molar-refractivity contribution in [1.29, 1.82) is 0 Å². The molecule has 5 rings (SSSR count). The summed E-state index contributed by atoms with van der Waals surface area (Å²) >= 11 is 12.7. The first-order chi connectivity index (χ1) is 13.8. The van der Waals surface area contributed by atoms with Crippen LogP contribution in [0.4, 0.5) is 5.69 Å². The molecule has 1 atom stereocenters. The van der Waals surface area contributed by atoms with Crippen LogP contribution < -0.4 is 5.32 Å². The molecule has 4 heteroatoms. The number of carbonyl (C=O) groups is 1. The molecule has 0 unspecified atom stereocenters. The summed E-state index contributed by atoms with van der Waals surface area (Å²) in [4.78, 5) is 13.4. The fourth-order valence-corrected chi connectivity index (χ4v) is 5.34. The van der Waals surface area contributed by atoms with E-state index in [1.54, 1.807) is 6.07 Å². The van der Waals surface area contributed by atoms with Gasteiger partial charge in [0.15, 0.2) is 5.78 Å². The number of allylic oxidation sites excluding steroid dienone is 1. The van der Waals surface area contributed by atoms with Crippen molar-refractivity contribution < 1.29 is 4.79 Å². The molecule has 3 aromatic rings. The lowest BCUT2D eigenvalue weighted by atomic mass is 9.68. The average Bonchev–Trinajstić information content (AvgIpc) is 2.66. The molecular formula is C25H21Cl2NO. The number of ketones is 1. The van der Waals surface area contributed by atoms with Crippen molar-refractivity contribution in [3.63, 3.8) is 0 Å². The Balaban J connectivity index is 1.81. The van der Waals surface area contributed by atoms with Crippen LogP contribution in [0.15, 0.2) is 60.2 Å². The third kappa shape index (κ3) is 3.06. The Kier molecular flexibility index (Phi) is 4.27. The molecular weight excluding hydrogens is 401 g/mol. The second kappa shape index (κ2) is 6.62. The van der Waals surface area contributed by atoms with E-state index in [4.69, 9.17) is 23.2 Å². The van der Waals surface area contributed by atoms with Crippen molar-refractivity contribution in [1.82, 2.24) is 0 Å². The second-order valence-electron chi connectivity index (χ2n) is 8.79. The zero-order valence-electron chi connectivity index (χ0n) is 16.4. The Bertz CT molecular complexity index is 1210. The first-order valence-electron chi connectivity index (χ1n) is 9.84. The van der Waals surface area contributed by atoms with Gasteiger partial charge in [-0.3, -0.25) is 4.79 Å². The highest BCUT2D eigenvalue weighted by atomic mass is 35.5. The van der Waals surface area contributed by atoms with Crippen molar-refractivity contribution in [2.24, 2.45) is 5.41 Å². The molecule has 29 heavy (non-hydrogen) atoms. The van der Waals surface area contributed by atoms with Crippen LogP contribution in [0, 0.1) is 5.41 Å². The van der Waals surface area contributed by atoms with Crippen molar-refractivity contribution in [3.05, 3.63) is 81.3 Å². The van der Waals surface area contributed by atoms with E-state index < -0.39 is 0 Å². The highest BCUT2D eigenvalue weighted by Gasteiger charge is 2.41. The molecule has 2 nitrogen and oxygen atoms in total. The minimum absolute atomic E-state index is 0.0865. The maximum atomic E-state index is 13.4. The molecule has 0 saturated carbocycles. The molecule has 146 valence electrons. The Labute approximate surface area is 180 Å². The molecule has 0 spiro atoms. The van der Waals surface area contributed by atoms with Crippen molar-refractivity contribution in [2.45, 2.75) is 32.7 Å². The number of carbonyl (C=O) groups excluding carboxylic acids is 1. The number of nitrogens with one attached hydrogen (secondary N) is 1. The van der Waals surface area contributed by atoms with E-state index in [0.29, 0.717) is 16.5 Å². The number of rotatable bonds is 1. The number of Topliss-reactive ketones (excluding diaryl/α,β-unsaturated/α-hetero) is 1. The molecule has 1 aliphatic heterocycles. The van der Waals surface area contributed by atoms with Crippen LogP contribution in [0.3, 0.4) is 0 Å². The third-order valence-corrected chi connectivity index (χ3v) is 6.57. The van der Waals surface area contributed by atoms with Gasteiger partial charge in [-0.25, -0.2) is 0 Å². The standard InChI is InChI=1S/C25H21Cl2NO/c1-25(2)12-18-23(21(29)13-25)22-16-6-4-3-5-14(16)7-10-20(22)28-24(18)17-9-8-15(26)11-19(17)27/h3-11,24,28H,12-13H2,1-2H3/t24-/m1/s1. The predicted molar refractivity (Wildman–Crippen MR) is 122 cm³/mol. The monoisotopic (exact) mass is 421 g/mol. The smallest absolute Gasteiger partial charge is 0.164 e. The fraction of sp³-hybridized carbons (Fsp3) is 0.240. The van der Waals surface area contributed by atoms with E-state index in [0.717, 1.165) is 45.2 Å². The van der Waals surface area contributed by atoms with Crippen molar-refractivity contribution in [2.75, 3.05) is 5.32 Å². The molecule has 0 bridgehead atoms. The van der Waals surface area contributed by atoms with Gasteiger partial charge in [0.1, 0.15) is 0 Å². The maximum absolute atomic E-state index is 13.4. The normalized spacial score (nSPS) is 20.3. The molecule has 2 aliphatic rings. The lowest BCUT2D eigenvalue weighted by Gasteiger charge is -2.40. The van der Waals surface area contributed by atoms with Gasteiger partial charge < -0.3 is 5.32 Å². The molecule has 0 saturated heterocycles. The van der Waals surface area contributed by atoms with Crippen LogP contribution in [0.25, 0.3) is 16.3 Å². The molecule has 0 amide bonds. The number of halogens is 2. The van der Waals surface area contributed by atoms with Gasteiger partial charge in [0.05, 0.1) is 6.04 Å². The van der Waals surface area contributed by atoms with Gasteiger partial charge in [-0.1, -0.05) is 73.4 Å². The summed E-state index contributed by atoms with van der Waals surface area (Å²) in [5.74, 6) is 0.213. The van der Waals surface area contributed by atoms with Crippen LogP contribution in [0.2, 0.25) is 10.0 Å². The van der Waals surface area contributed by atoms with Crippen molar-refractivity contribution in [3.8, 4) is 0 Å². The van der Waals surface area contributed by atoms with Crippen LogP contribution in [0.5, 0.6) is 0 Å². The van der Waals surface area contributed by atoms with E-state index in [9.17, 15) is 4.79 Å². The Hall–Kier alpha value is -2.29. The molecule has 0 aromatic heterocycles. The highest BCUT2D eigenvalue weighted by molar-refractivity contribution is 6.35. The minimum atomic E-state index is -0.146. The Morgan fingerprint density at radius 2 is 1.79 bits per heavy atom. The highest BCUT2D eigenvalue weighted by Crippen LogP contribution is 2.52. The number of anilines is 1. The van der Waals surface area contributed by atoms with Crippen LogP contribution in [0.1, 0.15) is 43.9 Å². The lowest BCUT2D eigenvalue weighted by Crippen LogP contribution is -2.32. The van der Waals surface area contributed by atoms with Gasteiger partial charge in [0.2, 0.25) is 0 Å². The largest absolute Gasteiger partial charge is 0.374 e. The first kappa shape index (κ1) is 18.7. The summed E-state index contributed by atoms with van der Waals surface area (Å²) < 4.78 is 0. The third-order valence-electron chi connectivity index (χ3n) is 6.01. The summed E-state index contributed by atoms with van der Waals surface area (Å²) in [6.07, 6.45) is 1.39. The molecule has 0 radical (unpaired) electrons. The Morgan fingerprint density at radius 1 is 1.00 bits per heavy atom. The first-order valence-corrected chi connectivity index (χ1v) is 10.6. The van der Waals surface area contributed by atoms with Gasteiger partial charge in [0.25, 0.3) is 0 Å². The summed E-state index contributed by atoms with van der Waals surface area (Å²) in [6.45, 7) is 4.32. The van der Waals surface area contributed by atoms with E-state index in [-0.39, 0.29) is 17.2 Å². The van der Waals surface area contributed by atoms with Crippen molar-refractivity contribution >= 4 is 51.0 Å². The molecule has 3 aromatic carbocycles. The van der Waals surface area contributed by atoms with Gasteiger partial charge in [-0.2, -0.15) is 0 Å². The van der Waals surface area contributed by atoms with Gasteiger partial charge in [-0.15, -0.1) is 0 Å². The SMILES string of the molecule is CC1(C)CC(=O)C2=C(C1)[C@@H](c1ccc(Cl)cc1Cl)Nc1ccc3ccccc3c12. The summed E-state index contributed by atoms with van der Waals surface area (Å²) in [7, 11) is 0. The maximum Gasteiger partial charge on any atom is 0.164 e. The van der Waals surface area contributed by atoms with Crippen LogP contribution in [-0.2, 0) is 4.79 Å². The number of benzene rings is 3. The summed E-state index contributed by atoms with van der Waals surface area (Å²) in [5.41, 5.74) is 4.86. The lowest BCUT2D eigenvalue weighted by molar-refractivity contribution is -0.116. The second-order valence-corrected chi connectivity index (χ2v) is 9.64. The Morgan fingerprint density at radius 3 is 2.59 bits per heavy atom. The van der Waals surface area contributed by atoms with E-state index in [2.05, 4.69) is 43.4 Å². The fourth-order valence-electron chi connectivity index (χ4n) is 4.82. The molecule has 0 fully saturated rings. The number of hydrogen-bond acceptors (Lipinski definition) is 2. The number of hydrogen-bond donors (Lipinski definition) is 1. The summed E-state index contributed by atoms with van der Waals surface area (Å²) in [5, 5.41) is 7.15. The van der Waals surface area contributed by atoms with E-state index in [1.807, 2.05) is 24.3 Å². The minimum Gasteiger partial charge on any atom is -0.374 e. The van der Waals surface area contributed by atoms with E-state index >= 15 is 0 Å². The van der Waals surface area contributed by atoms with Crippen LogP contribution >= 0.6 is 23.2 Å². The zero-order valence-corrected chi connectivity index (χ0v) is 17.9. The zero-order chi connectivity index (χ0) is 20.3. The van der Waals surface area contributed by atoms with Gasteiger partial charge in [0, 0.05) is 33.3 Å². The quantitative estimate of drug-likeness (QED) is 0.441. The van der Waals surface area contributed by atoms with Crippen LogP contribution in [-0.4, -0.2) is 5.78 Å². The van der Waals surface area contributed by atoms with Gasteiger partial charge >= 0.3 is 0 Å². The number of fused-ring (bicyclic) bond motifs is 4. The molecule has 1 N–H and O–H groups in total. The summed E-state index contributed by atoms with van der Waals surface area (Å²) in [6, 6.07) is 17.9. The predicted octanol–water partition coefficient (Wildman–Crippen LogP) is 7.46.